The molecule has 0 saturated carbocycles. The molecule has 12 rings (SSSR count). The summed E-state index contributed by atoms with van der Waals surface area (Å²) >= 11 is 0. The van der Waals surface area contributed by atoms with Gasteiger partial charge < -0.3 is 9.13 Å². The van der Waals surface area contributed by atoms with E-state index >= 15 is 0 Å². The van der Waals surface area contributed by atoms with Gasteiger partial charge in [0.25, 0.3) is 0 Å². The van der Waals surface area contributed by atoms with Crippen LogP contribution in [0.2, 0.25) is 0 Å². The third-order valence-electron chi connectivity index (χ3n) is 11.5. The van der Waals surface area contributed by atoms with Gasteiger partial charge >= 0.3 is 0 Å². The number of benzene rings is 9. The molecule has 9 aromatic carbocycles. The molecule has 3 heterocycles. The zero-order valence-corrected chi connectivity index (χ0v) is 31.3. The van der Waals surface area contributed by atoms with Crippen molar-refractivity contribution in [1.29, 1.82) is 0 Å². The van der Waals surface area contributed by atoms with E-state index in [1.165, 1.54) is 26.9 Å². The van der Waals surface area contributed by atoms with Gasteiger partial charge in [-0.25, -0.2) is 15.0 Å². The molecule has 0 bridgehead atoms. The largest absolute Gasteiger partial charge is 0.309 e. The number of rotatable bonds is 5. The van der Waals surface area contributed by atoms with Crippen LogP contribution in [0.1, 0.15) is 0 Å². The number of fused-ring (bicyclic) bond motifs is 8. The zero-order valence-electron chi connectivity index (χ0n) is 31.3. The van der Waals surface area contributed by atoms with Gasteiger partial charge in [0, 0.05) is 49.6 Å². The topological polar surface area (TPSA) is 48.5 Å². The highest BCUT2D eigenvalue weighted by molar-refractivity contribution is 6.14. The molecule has 0 saturated heterocycles. The van der Waals surface area contributed by atoms with Crippen LogP contribution in [0.3, 0.4) is 0 Å². The van der Waals surface area contributed by atoms with Crippen LogP contribution in [0.4, 0.5) is 0 Å². The van der Waals surface area contributed by atoms with Crippen molar-refractivity contribution in [3.63, 3.8) is 0 Å². The van der Waals surface area contributed by atoms with Crippen LogP contribution >= 0.6 is 0 Å². The van der Waals surface area contributed by atoms with Crippen LogP contribution in [0.15, 0.2) is 200 Å². The molecule has 0 atom stereocenters. The van der Waals surface area contributed by atoms with Gasteiger partial charge in [-0.2, -0.15) is 0 Å². The second kappa shape index (κ2) is 12.8. The Balaban J connectivity index is 1.08. The van der Waals surface area contributed by atoms with Crippen LogP contribution in [0.5, 0.6) is 0 Å². The first-order valence-corrected chi connectivity index (χ1v) is 19.6. The van der Waals surface area contributed by atoms with E-state index in [0.717, 1.165) is 66.3 Å². The second-order valence-corrected chi connectivity index (χ2v) is 14.9. The Morgan fingerprint density at radius 2 is 0.793 bits per heavy atom. The van der Waals surface area contributed by atoms with Gasteiger partial charge in [-0.3, -0.25) is 0 Å². The lowest BCUT2D eigenvalue weighted by atomic mass is 10.0. The number of para-hydroxylation sites is 3. The van der Waals surface area contributed by atoms with Crippen LogP contribution < -0.4 is 0 Å². The summed E-state index contributed by atoms with van der Waals surface area (Å²) in [4.78, 5) is 15.8. The summed E-state index contributed by atoms with van der Waals surface area (Å²) in [6, 6.07) is 70.9. The molecule has 58 heavy (non-hydrogen) atoms. The Bertz CT molecular complexity index is 3570. The summed E-state index contributed by atoms with van der Waals surface area (Å²) < 4.78 is 4.70. The molecule has 0 fully saturated rings. The standard InChI is InChI=1S/C53H33N5/c1-2-19-39(20-3-1)57-47-26-10-8-23-42(47)45-32-38(28-29-49(45)57)52-54-51(55-53(56-52)44-25-13-17-34-14-6-7-22-41(34)44)37-18-12-21-40(30-37)58-48-27-11-9-24-43(48)46-31-35-15-4-5-16-36(35)33-50(46)58/h1-33H. The third-order valence-corrected chi connectivity index (χ3v) is 11.5. The second-order valence-electron chi connectivity index (χ2n) is 14.9. The Morgan fingerprint density at radius 1 is 0.276 bits per heavy atom. The Hall–Kier alpha value is -7.89. The molecule has 0 aliphatic rings. The lowest BCUT2D eigenvalue weighted by Gasteiger charge is -2.13. The lowest BCUT2D eigenvalue weighted by molar-refractivity contribution is 1.07. The summed E-state index contributed by atoms with van der Waals surface area (Å²) in [6.07, 6.45) is 0. The van der Waals surface area contributed by atoms with Crippen molar-refractivity contribution in [2.24, 2.45) is 0 Å². The molecule has 0 N–H and O–H groups in total. The SMILES string of the molecule is c1ccc(-n2c3ccccc3c3cc(-c4nc(-c5cccc(-n6c7ccccc7c7cc8ccccc8cc76)c5)nc(-c5cccc6ccccc56)n4)ccc32)cc1. The maximum atomic E-state index is 5.28. The number of hydrogen-bond acceptors (Lipinski definition) is 3. The average molecular weight is 740 g/mol. The molecule has 5 heteroatoms. The van der Waals surface area contributed by atoms with E-state index in [2.05, 4.69) is 209 Å². The molecule has 0 unspecified atom stereocenters. The first kappa shape index (κ1) is 32.4. The summed E-state index contributed by atoms with van der Waals surface area (Å²) in [5.74, 6) is 1.88. The van der Waals surface area contributed by atoms with E-state index in [0.29, 0.717) is 17.5 Å². The predicted molar refractivity (Wildman–Crippen MR) is 240 cm³/mol. The van der Waals surface area contributed by atoms with Gasteiger partial charge in [0.05, 0.1) is 22.1 Å². The fraction of sp³-hybridized carbons (Fsp3) is 0. The van der Waals surface area contributed by atoms with Crippen molar-refractivity contribution >= 4 is 65.2 Å². The fourth-order valence-corrected chi connectivity index (χ4v) is 8.86. The Morgan fingerprint density at radius 3 is 1.55 bits per heavy atom. The minimum atomic E-state index is 0.618. The fourth-order valence-electron chi connectivity index (χ4n) is 8.86. The summed E-state index contributed by atoms with van der Waals surface area (Å²) in [7, 11) is 0. The van der Waals surface area contributed by atoms with Crippen molar-refractivity contribution in [2.75, 3.05) is 0 Å². The van der Waals surface area contributed by atoms with Crippen molar-refractivity contribution in [3.05, 3.63) is 200 Å². The van der Waals surface area contributed by atoms with E-state index < -0.39 is 0 Å². The van der Waals surface area contributed by atoms with Crippen molar-refractivity contribution < 1.29 is 0 Å². The molecule has 3 aromatic heterocycles. The summed E-state index contributed by atoms with van der Waals surface area (Å²) in [5.41, 5.74) is 9.58. The highest BCUT2D eigenvalue weighted by atomic mass is 15.0. The normalized spacial score (nSPS) is 11.8. The molecule has 12 aromatic rings. The van der Waals surface area contributed by atoms with E-state index in [1.54, 1.807) is 0 Å². The van der Waals surface area contributed by atoms with E-state index in [1.807, 2.05) is 0 Å². The number of nitrogens with zero attached hydrogens (tertiary/aromatic N) is 5. The van der Waals surface area contributed by atoms with Crippen molar-refractivity contribution in [3.8, 4) is 45.5 Å². The van der Waals surface area contributed by atoms with Gasteiger partial charge in [-0.1, -0.05) is 133 Å². The van der Waals surface area contributed by atoms with E-state index in [-0.39, 0.29) is 0 Å². The van der Waals surface area contributed by atoms with Gasteiger partial charge in [-0.15, -0.1) is 0 Å². The lowest BCUT2D eigenvalue weighted by Crippen LogP contribution is -2.01. The van der Waals surface area contributed by atoms with Gasteiger partial charge in [0.1, 0.15) is 0 Å². The average Bonchev–Trinajstić information content (AvgIpc) is 3.80. The van der Waals surface area contributed by atoms with Crippen LogP contribution in [-0.4, -0.2) is 24.1 Å². The monoisotopic (exact) mass is 739 g/mol. The third kappa shape index (κ3) is 5.07. The smallest absolute Gasteiger partial charge is 0.164 e. The van der Waals surface area contributed by atoms with E-state index in [9.17, 15) is 0 Å². The molecule has 0 aliphatic carbocycles. The maximum Gasteiger partial charge on any atom is 0.164 e. The van der Waals surface area contributed by atoms with Crippen molar-refractivity contribution in [1.82, 2.24) is 24.1 Å². The molecule has 0 amide bonds. The van der Waals surface area contributed by atoms with E-state index in [4.69, 9.17) is 15.0 Å². The highest BCUT2D eigenvalue weighted by Gasteiger charge is 2.19. The Labute approximate surface area is 333 Å². The molecule has 5 nitrogen and oxygen atoms in total. The Kier molecular flexibility index (Phi) is 7.16. The molecule has 0 radical (unpaired) electrons. The molecular formula is C53H33N5. The van der Waals surface area contributed by atoms with Crippen molar-refractivity contribution in [2.45, 2.75) is 0 Å². The van der Waals surface area contributed by atoms with Gasteiger partial charge in [0.15, 0.2) is 17.5 Å². The van der Waals surface area contributed by atoms with Crippen LogP contribution in [0.25, 0.3) is 111 Å². The highest BCUT2D eigenvalue weighted by Crippen LogP contribution is 2.38. The summed E-state index contributed by atoms with van der Waals surface area (Å²) in [5, 5.41) is 9.45. The number of hydrogen-bond donors (Lipinski definition) is 0. The van der Waals surface area contributed by atoms with Crippen LogP contribution in [-0.2, 0) is 0 Å². The molecular weight excluding hydrogens is 707 g/mol. The summed E-state index contributed by atoms with van der Waals surface area (Å²) in [6.45, 7) is 0. The predicted octanol–water partition coefficient (Wildman–Crippen LogP) is 13.4. The first-order valence-electron chi connectivity index (χ1n) is 19.6. The minimum Gasteiger partial charge on any atom is -0.309 e. The molecule has 0 spiro atoms. The molecule has 0 aliphatic heterocycles. The van der Waals surface area contributed by atoms with Gasteiger partial charge in [-0.05, 0) is 88.3 Å². The van der Waals surface area contributed by atoms with Gasteiger partial charge in [0.2, 0.25) is 0 Å². The number of aromatic nitrogens is 5. The van der Waals surface area contributed by atoms with Crippen LogP contribution in [0, 0.1) is 0 Å². The quantitative estimate of drug-likeness (QED) is 0.177. The molecule has 270 valence electrons. The zero-order chi connectivity index (χ0) is 38.2. The minimum absolute atomic E-state index is 0.618. The first-order chi connectivity index (χ1) is 28.7. The maximum absolute atomic E-state index is 5.28.